The fourth-order valence-corrected chi connectivity index (χ4v) is 2.97. The fourth-order valence-electron chi connectivity index (χ4n) is 2.24. The number of nitrogens with one attached hydrogen (secondary N) is 1. The largest absolute Gasteiger partial charge is 0.496 e. The van der Waals surface area contributed by atoms with Crippen LogP contribution in [0.15, 0.2) is 57.9 Å². The molecule has 25 heavy (non-hydrogen) atoms. The number of thioether (sulfide) groups is 1. The highest BCUT2D eigenvalue weighted by molar-refractivity contribution is 7.98. The monoisotopic (exact) mass is 355 g/mol. The van der Waals surface area contributed by atoms with Crippen molar-refractivity contribution in [3.63, 3.8) is 0 Å². The lowest BCUT2D eigenvalue weighted by Gasteiger charge is -2.03. The molecule has 1 aromatic heterocycles. The Labute approximate surface area is 149 Å². The Bertz CT molecular complexity index is 862. The van der Waals surface area contributed by atoms with Crippen molar-refractivity contribution in [3.8, 4) is 17.1 Å². The lowest BCUT2D eigenvalue weighted by molar-refractivity contribution is -0.114. The summed E-state index contributed by atoms with van der Waals surface area (Å²) in [6.07, 6.45) is 0. The molecule has 1 amide bonds. The maximum Gasteiger partial charge on any atom is 0.237 e. The van der Waals surface area contributed by atoms with E-state index in [-0.39, 0.29) is 5.91 Å². The van der Waals surface area contributed by atoms with E-state index < -0.39 is 0 Å². The highest BCUT2D eigenvalue weighted by atomic mass is 32.2. The van der Waals surface area contributed by atoms with Crippen molar-refractivity contribution in [2.24, 2.45) is 0 Å². The van der Waals surface area contributed by atoms with Crippen molar-refractivity contribution in [1.82, 2.24) is 10.1 Å². The average molecular weight is 355 g/mol. The summed E-state index contributed by atoms with van der Waals surface area (Å²) in [5.41, 5.74) is 1.57. The number of rotatable bonds is 6. The van der Waals surface area contributed by atoms with Gasteiger partial charge >= 0.3 is 0 Å². The van der Waals surface area contributed by atoms with Gasteiger partial charge in [-0.1, -0.05) is 17.3 Å². The summed E-state index contributed by atoms with van der Waals surface area (Å²) < 4.78 is 10.6. The minimum atomic E-state index is -0.0878. The number of anilines is 1. The van der Waals surface area contributed by atoms with Gasteiger partial charge in [0.05, 0.1) is 18.4 Å². The van der Waals surface area contributed by atoms with Crippen LogP contribution in [0.2, 0.25) is 0 Å². The Balaban J connectivity index is 1.65. The van der Waals surface area contributed by atoms with Gasteiger partial charge in [0, 0.05) is 17.5 Å². The number of aromatic nitrogens is 2. The van der Waals surface area contributed by atoms with E-state index in [0.717, 1.165) is 16.1 Å². The topological polar surface area (TPSA) is 77.3 Å². The first kappa shape index (κ1) is 17.0. The van der Waals surface area contributed by atoms with Crippen LogP contribution in [0.4, 0.5) is 5.69 Å². The molecular formula is C18H17N3O3S. The predicted octanol–water partition coefficient (Wildman–Crippen LogP) is 4.00. The van der Waals surface area contributed by atoms with Crippen LogP contribution in [0.25, 0.3) is 11.4 Å². The Morgan fingerprint density at radius 1 is 1.20 bits per heavy atom. The van der Waals surface area contributed by atoms with Gasteiger partial charge in [-0.2, -0.15) is 4.98 Å². The molecule has 1 heterocycles. The van der Waals surface area contributed by atoms with Gasteiger partial charge in [-0.3, -0.25) is 4.79 Å². The van der Waals surface area contributed by atoms with Gasteiger partial charge in [-0.05, 0) is 36.4 Å². The summed E-state index contributed by atoms with van der Waals surface area (Å²) in [4.78, 5) is 16.5. The van der Waals surface area contributed by atoms with Crippen LogP contribution in [0.1, 0.15) is 12.8 Å². The summed E-state index contributed by atoms with van der Waals surface area (Å²) in [6, 6.07) is 15.1. The van der Waals surface area contributed by atoms with Gasteiger partial charge in [0.25, 0.3) is 0 Å². The molecule has 128 valence electrons. The van der Waals surface area contributed by atoms with E-state index in [0.29, 0.717) is 23.2 Å². The van der Waals surface area contributed by atoms with Crippen LogP contribution < -0.4 is 10.1 Å². The van der Waals surface area contributed by atoms with Crippen LogP contribution in [-0.4, -0.2) is 23.2 Å². The van der Waals surface area contributed by atoms with E-state index >= 15 is 0 Å². The van der Waals surface area contributed by atoms with Gasteiger partial charge < -0.3 is 14.6 Å². The van der Waals surface area contributed by atoms with Gasteiger partial charge in [0.2, 0.25) is 17.6 Å². The standard InChI is InChI=1S/C18H17N3O3S/c1-12(22)19-13-7-9-14(10-8-13)25-11-17-20-18(21-24-17)15-5-3-4-6-16(15)23-2/h3-10H,11H2,1-2H3,(H,19,22). The average Bonchev–Trinajstić information content (AvgIpc) is 3.09. The van der Waals surface area contributed by atoms with Gasteiger partial charge in [0.15, 0.2) is 0 Å². The van der Waals surface area contributed by atoms with Crippen molar-refractivity contribution in [3.05, 3.63) is 54.4 Å². The molecule has 0 bridgehead atoms. The minimum Gasteiger partial charge on any atom is -0.496 e. The van der Waals surface area contributed by atoms with E-state index in [1.54, 1.807) is 18.9 Å². The second-order valence-electron chi connectivity index (χ2n) is 5.21. The number of hydrogen-bond acceptors (Lipinski definition) is 6. The Morgan fingerprint density at radius 2 is 1.96 bits per heavy atom. The Hall–Kier alpha value is -2.80. The fraction of sp³-hybridized carbons (Fsp3) is 0.167. The number of benzene rings is 2. The van der Waals surface area contributed by atoms with Crippen molar-refractivity contribution < 1.29 is 14.1 Å². The van der Waals surface area contributed by atoms with Crippen molar-refractivity contribution in [2.45, 2.75) is 17.6 Å². The number of carbonyl (C=O) groups excluding carboxylic acids is 1. The third-order valence-corrected chi connectivity index (χ3v) is 4.35. The normalized spacial score (nSPS) is 10.5. The van der Waals surface area contributed by atoms with E-state index in [4.69, 9.17) is 9.26 Å². The van der Waals surface area contributed by atoms with Crippen molar-refractivity contribution in [1.29, 1.82) is 0 Å². The Morgan fingerprint density at radius 3 is 2.68 bits per heavy atom. The number of para-hydroxylation sites is 1. The molecule has 0 aliphatic rings. The molecule has 0 aliphatic carbocycles. The molecule has 3 rings (SSSR count). The molecule has 7 heteroatoms. The zero-order chi connectivity index (χ0) is 17.6. The molecule has 0 spiro atoms. The van der Waals surface area contributed by atoms with Crippen LogP contribution in [0, 0.1) is 0 Å². The van der Waals surface area contributed by atoms with Gasteiger partial charge in [-0.15, -0.1) is 11.8 Å². The smallest absolute Gasteiger partial charge is 0.237 e. The maximum atomic E-state index is 11.0. The molecule has 0 radical (unpaired) electrons. The highest BCUT2D eigenvalue weighted by Gasteiger charge is 2.13. The summed E-state index contributed by atoms with van der Waals surface area (Å²) >= 11 is 1.58. The van der Waals surface area contributed by atoms with E-state index in [1.165, 1.54) is 6.92 Å². The molecule has 0 aliphatic heterocycles. The number of methoxy groups -OCH3 is 1. The molecule has 2 aromatic carbocycles. The molecular weight excluding hydrogens is 338 g/mol. The summed E-state index contributed by atoms with van der Waals surface area (Å²) in [5.74, 6) is 2.22. The molecule has 0 fully saturated rings. The van der Waals surface area contributed by atoms with E-state index in [1.807, 2.05) is 48.5 Å². The van der Waals surface area contributed by atoms with Crippen LogP contribution in [-0.2, 0) is 10.5 Å². The van der Waals surface area contributed by atoms with Gasteiger partial charge in [0.1, 0.15) is 5.75 Å². The van der Waals surface area contributed by atoms with Crippen LogP contribution >= 0.6 is 11.8 Å². The number of amides is 1. The lowest BCUT2D eigenvalue weighted by Crippen LogP contribution is -2.05. The molecule has 1 N–H and O–H groups in total. The molecule has 6 nitrogen and oxygen atoms in total. The minimum absolute atomic E-state index is 0.0878. The third kappa shape index (κ3) is 4.39. The summed E-state index contributed by atoms with van der Waals surface area (Å²) in [5, 5.41) is 6.76. The molecule has 0 unspecified atom stereocenters. The summed E-state index contributed by atoms with van der Waals surface area (Å²) in [6.45, 7) is 1.48. The molecule has 3 aromatic rings. The number of hydrogen-bond donors (Lipinski definition) is 1. The lowest BCUT2D eigenvalue weighted by atomic mass is 10.2. The quantitative estimate of drug-likeness (QED) is 0.674. The molecule has 0 atom stereocenters. The second-order valence-corrected chi connectivity index (χ2v) is 6.26. The van der Waals surface area contributed by atoms with Gasteiger partial charge in [-0.25, -0.2) is 0 Å². The zero-order valence-electron chi connectivity index (χ0n) is 13.9. The third-order valence-electron chi connectivity index (χ3n) is 3.35. The second kappa shape index (κ2) is 7.85. The number of ether oxygens (including phenoxy) is 1. The Kier molecular flexibility index (Phi) is 5.35. The number of carbonyl (C=O) groups is 1. The van der Waals surface area contributed by atoms with Crippen LogP contribution in [0.3, 0.4) is 0 Å². The molecule has 0 saturated carbocycles. The number of nitrogens with zero attached hydrogens (tertiary/aromatic N) is 2. The van der Waals surface area contributed by atoms with Crippen molar-refractivity contribution >= 4 is 23.4 Å². The first-order chi connectivity index (χ1) is 12.2. The first-order valence-corrected chi connectivity index (χ1v) is 8.60. The highest BCUT2D eigenvalue weighted by Crippen LogP contribution is 2.29. The van der Waals surface area contributed by atoms with E-state index in [2.05, 4.69) is 15.5 Å². The first-order valence-electron chi connectivity index (χ1n) is 7.62. The van der Waals surface area contributed by atoms with Crippen LogP contribution in [0.5, 0.6) is 5.75 Å². The predicted molar refractivity (Wildman–Crippen MR) is 96.6 cm³/mol. The van der Waals surface area contributed by atoms with E-state index in [9.17, 15) is 4.79 Å². The molecule has 0 saturated heterocycles. The summed E-state index contributed by atoms with van der Waals surface area (Å²) in [7, 11) is 1.61. The van der Waals surface area contributed by atoms with Crippen molar-refractivity contribution in [2.75, 3.05) is 12.4 Å². The SMILES string of the molecule is COc1ccccc1-c1noc(CSc2ccc(NC(C)=O)cc2)n1. The zero-order valence-corrected chi connectivity index (χ0v) is 14.7. The maximum absolute atomic E-state index is 11.0.